The highest BCUT2D eigenvalue weighted by Gasteiger charge is 2.31. The Labute approximate surface area is 229 Å². The number of carbonyl (C=O) groups excluding carboxylic acids is 2. The molecule has 10 nitrogen and oxygen atoms in total. The highest BCUT2D eigenvalue weighted by Crippen LogP contribution is 2.27. The van der Waals surface area contributed by atoms with E-state index >= 15 is 0 Å². The fraction of sp³-hybridized carbons (Fsp3) is 0.464. The maximum absolute atomic E-state index is 13.4. The van der Waals surface area contributed by atoms with Crippen molar-refractivity contribution in [3.63, 3.8) is 0 Å². The zero-order chi connectivity index (χ0) is 28.4. The second-order valence-corrected chi connectivity index (χ2v) is 9.81. The van der Waals surface area contributed by atoms with Crippen LogP contribution in [0.3, 0.4) is 0 Å². The Morgan fingerprint density at radius 1 is 1.26 bits per heavy atom. The van der Waals surface area contributed by atoms with E-state index in [2.05, 4.69) is 49.7 Å². The number of nitrogens with one attached hydrogen (secondary N) is 3. The summed E-state index contributed by atoms with van der Waals surface area (Å²) in [7, 11) is 5.47. The fourth-order valence-corrected chi connectivity index (χ4v) is 3.72. The van der Waals surface area contributed by atoms with Crippen molar-refractivity contribution in [2.75, 3.05) is 44.9 Å². The van der Waals surface area contributed by atoms with Gasteiger partial charge in [-0.25, -0.2) is 9.97 Å². The van der Waals surface area contributed by atoms with Gasteiger partial charge in [-0.2, -0.15) is 9.37 Å². The molecule has 1 saturated carbocycles. The van der Waals surface area contributed by atoms with Crippen LogP contribution in [0.25, 0.3) is 0 Å². The van der Waals surface area contributed by atoms with Crippen LogP contribution >= 0.6 is 0 Å². The third-order valence-electron chi connectivity index (χ3n) is 6.25. The maximum Gasteiger partial charge on any atom is 0.246 e. The number of aromatic nitrogens is 3. The van der Waals surface area contributed by atoms with Gasteiger partial charge in [-0.3, -0.25) is 9.59 Å². The van der Waals surface area contributed by atoms with E-state index in [0.29, 0.717) is 36.1 Å². The predicted molar refractivity (Wildman–Crippen MR) is 150 cm³/mol. The van der Waals surface area contributed by atoms with E-state index in [1.165, 1.54) is 23.2 Å². The minimum atomic E-state index is -0.593. The first-order chi connectivity index (χ1) is 18.7. The average molecular weight is 537 g/mol. The van der Waals surface area contributed by atoms with Crippen molar-refractivity contribution in [1.29, 1.82) is 0 Å². The lowest BCUT2D eigenvalue weighted by Gasteiger charge is -2.34. The summed E-state index contributed by atoms with van der Waals surface area (Å²) in [6.07, 6.45) is 8.65. The quantitative estimate of drug-likeness (QED) is 0.228. The molecule has 11 heteroatoms. The summed E-state index contributed by atoms with van der Waals surface area (Å²) in [5.74, 6) is 6.50. The Morgan fingerprint density at radius 3 is 2.72 bits per heavy atom. The van der Waals surface area contributed by atoms with Crippen LogP contribution < -0.4 is 16.0 Å². The molecule has 2 amide bonds. The molecule has 208 valence electrons. The Morgan fingerprint density at radius 2 is 2.03 bits per heavy atom. The summed E-state index contributed by atoms with van der Waals surface area (Å²) in [5, 5.41) is 9.27. The van der Waals surface area contributed by atoms with Gasteiger partial charge in [0.15, 0.2) is 0 Å². The van der Waals surface area contributed by atoms with Crippen LogP contribution in [0.2, 0.25) is 0 Å². The molecule has 0 bridgehead atoms. The second kappa shape index (κ2) is 14.2. The molecule has 3 N–H and O–H groups in total. The molecule has 1 aliphatic carbocycles. The van der Waals surface area contributed by atoms with Gasteiger partial charge in [-0.1, -0.05) is 24.8 Å². The van der Waals surface area contributed by atoms with Crippen LogP contribution in [0, 0.1) is 23.7 Å². The van der Waals surface area contributed by atoms with Gasteiger partial charge < -0.3 is 25.8 Å². The zero-order valence-electron chi connectivity index (χ0n) is 23.2. The monoisotopic (exact) mass is 536 g/mol. The highest BCUT2D eigenvalue weighted by atomic mass is 19.1. The van der Waals surface area contributed by atoms with Gasteiger partial charge in [0.1, 0.15) is 11.9 Å². The molecule has 2 heterocycles. The number of amides is 2. The Hall–Kier alpha value is -4.04. The summed E-state index contributed by atoms with van der Waals surface area (Å²) in [4.78, 5) is 40.7. The van der Waals surface area contributed by atoms with E-state index < -0.39 is 12.0 Å². The lowest BCUT2D eigenvalue weighted by atomic mass is 9.80. The van der Waals surface area contributed by atoms with E-state index in [-0.39, 0.29) is 23.8 Å². The van der Waals surface area contributed by atoms with Crippen molar-refractivity contribution < 1.29 is 14.0 Å². The van der Waals surface area contributed by atoms with Gasteiger partial charge in [0.05, 0.1) is 11.8 Å². The molecule has 0 saturated heterocycles. The van der Waals surface area contributed by atoms with E-state index in [1.54, 1.807) is 32.3 Å². The average Bonchev–Trinajstić information content (AvgIpc) is 2.88. The summed E-state index contributed by atoms with van der Waals surface area (Å²) in [6, 6.07) is 2.34. The van der Waals surface area contributed by atoms with Gasteiger partial charge in [0.2, 0.25) is 23.7 Å². The van der Waals surface area contributed by atoms with Gasteiger partial charge in [0, 0.05) is 56.1 Å². The first-order valence-corrected chi connectivity index (χ1v) is 13.1. The fourth-order valence-electron chi connectivity index (χ4n) is 3.72. The van der Waals surface area contributed by atoms with Gasteiger partial charge in [0.25, 0.3) is 0 Å². The van der Waals surface area contributed by atoms with E-state index in [4.69, 9.17) is 0 Å². The molecular formula is C28H37FN8O2. The Bertz CT molecular complexity index is 1230. The van der Waals surface area contributed by atoms with Crippen molar-refractivity contribution in [2.24, 2.45) is 5.92 Å². The molecule has 0 radical (unpaired) electrons. The second-order valence-electron chi connectivity index (χ2n) is 9.81. The maximum atomic E-state index is 13.4. The number of halogens is 1. The molecule has 39 heavy (non-hydrogen) atoms. The normalized spacial score (nSPS) is 17.1. The Balaban J connectivity index is 1.54. The largest absolute Gasteiger partial charge is 0.369 e. The van der Waals surface area contributed by atoms with E-state index in [1.807, 2.05) is 19.0 Å². The molecule has 2 aromatic rings. The van der Waals surface area contributed by atoms with Gasteiger partial charge in [-0.05, 0) is 46.3 Å². The van der Waals surface area contributed by atoms with Crippen LogP contribution in [0.5, 0.6) is 0 Å². The van der Waals surface area contributed by atoms with Crippen molar-refractivity contribution in [3.8, 4) is 11.8 Å². The van der Waals surface area contributed by atoms with Crippen LogP contribution in [0.1, 0.15) is 38.7 Å². The standard InChI is InChI=1S/C28H37FN8O2/c1-6-12-31-26-21(18-32-28(35-26)34-22-11-13-30-24(29)17-22)10-9-20-15-23(16-20)33-27(39)19(2)37(5)25(38)8-7-14-36(3)4/h7-8,11,13,17-20,23H,6,12,14-16H2,1-5H3,(H,33,39)(H2,30,31,32,34,35)/b8-7+/t19-,20-,23-/m0/s1. The molecule has 1 aliphatic rings. The number of hydrogen-bond donors (Lipinski definition) is 3. The van der Waals surface area contributed by atoms with Crippen molar-refractivity contribution in [1.82, 2.24) is 30.1 Å². The molecule has 1 fully saturated rings. The molecule has 1 atom stereocenters. The third kappa shape index (κ3) is 9.04. The first kappa shape index (κ1) is 29.5. The summed E-state index contributed by atoms with van der Waals surface area (Å²) >= 11 is 0. The molecular weight excluding hydrogens is 499 g/mol. The number of likely N-dealkylation sites (N-methyl/N-ethyl adjacent to an activating group) is 2. The van der Waals surface area contributed by atoms with E-state index in [0.717, 1.165) is 19.3 Å². The summed E-state index contributed by atoms with van der Waals surface area (Å²) in [5.41, 5.74) is 1.16. The predicted octanol–water partition coefficient (Wildman–Crippen LogP) is 2.79. The molecule has 0 aliphatic heterocycles. The summed E-state index contributed by atoms with van der Waals surface area (Å²) in [6.45, 7) is 5.14. The number of rotatable bonds is 11. The molecule has 2 aromatic heterocycles. The van der Waals surface area contributed by atoms with Crippen molar-refractivity contribution >= 4 is 29.3 Å². The summed E-state index contributed by atoms with van der Waals surface area (Å²) < 4.78 is 13.4. The van der Waals surface area contributed by atoms with Crippen LogP contribution in [-0.4, -0.2) is 82.9 Å². The molecule has 0 aromatic carbocycles. The van der Waals surface area contributed by atoms with Crippen molar-refractivity contribution in [3.05, 3.63) is 48.2 Å². The Kier molecular flexibility index (Phi) is 10.8. The SMILES string of the molecule is CCCNc1nc(Nc2ccnc(F)c2)ncc1C#C[C@H]1C[C@H](NC(=O)[C@H](C)N(C)C(=O)/C=C/CN(C)C)C1. The van der Waals surface area contributed by atoms with Crippen LogP contribution in [0.4, 0.5) is 21.8 Å². The van der Waals surface area contributed by atoms with Crippen LogP contribution in [0.15, 0.2) is 36.7 Å². The van der Waals surface area contributed by atoms with Gasteiger partial charge in [-0.15, -0.1) is 0 Å². The lowest BCUT2D eigenvalue weighted by molar-refractivity contribution is -0.135. The highest BCUT2D eigenvalue weighted by molar-refractivity contribution is 5.92. The number of hydrogen-bond acceptors (Lipinski definition) is 8. The number of carbonyl (C=O) groups is 2. The lowest BCUT2D eigenvalue weighted by Crippen LogP contribution is -2.51. The zero-order valence-corrected chi connectivity index (χ0v) is 23.2. The van der Waals surface area contributed by atoms with Gasteiger partial charge >= 0.3 is 0 Å². The minimum Gasteiger partial charge on any atom is -0.369 e. The molecule has 0 spiro atoms. The minimum absolute atomic E-state index is 0.0216. The van der Waals surface area contributed by atoms with E-state index in [9.17, 15) is 14.0 Å². The molecule has 0 unspecified atom stereocenters. The number of pyridine rings is 1. The topological polar surface area (TPSA) is 115 Å². The molecule has 3 rings (SSSR count). The van der Waals surface area contributed by atoms with Crippen LogP contribution in [-0.2, 0) is 9.59 Å². The van der Waals surface area contributed by atoms with Crippen molar-refractivity contribution in [2.45, 2.75) is 45.2 Å². The third-order valence-corrected chi connectivity index (χ3v) is 6.25. The smallest absolute Gasteiger partial charge is 0.246 e. The first-order valence-electron chi connectivity index (χ1n) is 13.1. The number of nitrogens with zero attached hydrogens (tertiary/aromatic N) is 5. The number of anilines is 3.